The van der Waals surface area contributed by atoms with E-state index < -0.39 is 0 Å². The fraction of sp³-hybridized carbons (Fsp3) is 0.167. The molecule has 1 N–H and O–H groups in total. The summed E-state index contributed by atoms with van der Waals surface area (Å²) in [5, 5.41) is 3.34. The summed E-state index contributed by atoms with van der Waals surface area (Å²) in [4.78, 5) is 29.0. The van der Waals surface area contributed by atoms with Gasteiger partial charge in [-0.3, -0.25) is 9.69 Å². The number of benzene rings is 3. The van der Waals surface area contributed by atoms with Crippen LogP contribution < -0.4 is 10.2 Å². The number of halogens is 2. The molecule has 0 aromatic heterocycles. The highest BCUT2D eigenvalue weighted by molar-refractivity contribution is 6.31. The summed E-state index contributed by atoms with van der Waals surface area (Å²) < 4.78 is 14.0. The second-order valence-corrected chi connectivity index (χ2v) is 7.75. The van der Waals surface area contributed by atoms with Crippen LogP contribution in [0.4, 0.5) is 20.6 Å². The van der Waals surface area contributed by atoms with Gasteiger partial charge in [-0.15, -0.1) is 0 Å². The molecule has 1 heterocycles. The Hall–Kier alpha value is -3.38. The van der Waals surface area contributed by atoms with Crippen molar-refractivity contribution in [2.24, 2.45) is 0 Å². The van der Waals surface area contributed by atoms with Gasteiger partial charge >= 0.3 is 6.03 Å². The molecular formula is C24H21ClFN3O2. The Balaban J connectivity index is 1.50. The maximum atomic E-state index is 14.0. The van der Waals surface area contributed by atoms with E-state index in [-0.39, 0.29) is 24.3 Å². The average molecular weight is 438 g/mol. The quantitative estimate of drug-likeness (QED) is 0.567. The molecule has 0 bridgehead atoms. The molecule has 1 aliphatic heterocycles. The maximum absolute atomic E-state index is 14.0. The van der Waals surface area contributed by atoms with E-state index in [0.717, 1.165) is 6.42 Å². The highest BCUT2D eigenvalue weighted by atomic mass is 35.5. The number of nitrogens with zero attached hydrogens (tertiary/aromatic N) is 2. The molecular weight excluding hydrogens is 417 g/mol. The topological polar surface area (TPSA) is 52.7 Å². The van der Waals surface area contributed by atoms with E-state index in [1.54, 1.807) is 76.5 Å². The molecule has 3 aromatic rings. The van der Waals surface area contributed by atoms with Crippen molar-refractivity contribution in [3.05, 3.63) is 94.8 Å². The van der Waals surface area contributed by atoms with Crippen LogP contribution >= 0.6 is 11.6 Å². The Bertz CT molecular complexity index is 1120. The lowest BCUT2D eigenvalue weighted by molar-refractivity contribution is 0.102. The highest BCUT2D eigenvalue weighted by Crippen LogP contribution is 2.24. The van der Waals surface area contributed by atoms with E-state index in [1.165, 1.54) is 6.07 Å². The van der Waals surface area contributed by atoms with Crippen LogP contribution in [0.25, 0.3) is 0 Å². The number of amides is 3. The smallest absolute Gasteiger partial charge is 0.322 e. The summed E-state index contributed by atoms with van der Waals surface area (Å²) in [6.07, 6.45) is 0.749. The summed E-state index contributed by atoms with van der Waals surface area (Å²) in [5.74, 6) is -0.621. The van der Waals surface area contributed by atoms with Crippen molar-refractivity contribution in [2.45, 2.75) is 13.0 Å². The maximum Gasteiger partial charge on any atom is 0.324 e. The van der Waals surface area contributed by atoms with Gasteiger partial charge in [-0.25, -0.2) is 9.18 Å². The first kappa shape index (κ1) is 20.9. The van der Waals surface area contributed by atoms with Gasteiger partial charge in [0.1, 0.15) is 5.82 Å². The lowest BCUT2D eigenvalue weighted by Gasteiger charge is -2.36. The van der Waals surface area contributed by atoms with Crippen LogP contribution in [0.1, 0.15) is 22.3 Å². The lowest BCUT2D eigenvalue weighted by Crippen LogP contribution is -2.49. The van der Waals surface area contributed by atoms with E-state index >= 15 is 0 Å². The molecule has 7 heteroatoms. The van der Waals surface area contributed by atoms with E-state index in [4.69, 9.17) is 11.6 Å². The summed E-state index contributed by atoms with van der Waals surface area (Å²) in [6.45, 7) is 1.29. The molecule has 0 radical (unpaired) electrons. The molecule has 1 aliphatic rings. The Kier molecular flexibility index (Phi) is 6.18. The minimum atomic E-state index is -0.327. The zero-order valence-corrected chi connectivity index (χ0v) is 17.5. The first-order valence-corrected chi connectivity index (χ1v) is 10.4. The molecule has 158 valence electrons. The lowest BCUT2D eigenvalue weighted by atomic mass is 10.1. The molecule has 31 heavy (non-hydrogen) atoms. The number of rotatable bonds is 5. The molecule has 0 atom stereocenters. The van der Waals surface area contributed by atoms with Crippen molar-refractivity contribution in [1.82, 2.24) is 4.90 Å². The van der Waals surface area contributed by atoms with Gasteiger partial charge in [0.15, 0.2) is 0 Å². The van der Waals surface area contributed by atoms with Crippen LogP contribution in [-0.2, 0) is 6.54 Å². The third-order valence-corrected chi connectivity index (χ3v) is 5.37. The predicted octanol–water partition coefficient (Wildman–Crippen LogP) is 5.56. The van der Waals surface area contributed by atoms with Crippen LogP contribution in [0.3, 0.4) is 0 Å². The second-order valence-electron chi connectivity index (χ2n) is 7.32. The van der Waals surface area contributed by atoms with Crippen molar-refractivity contribution >= 4 is 34.9 Å². The van der Waals surface area contributed by atoms with E-state index in [9.17, 15) is 14.0 Å². The monoisotopic (exact) mass is 437 g/mol. The van der Waals surface area contributed by atoms with Crippen molar-refractivity contribution < 1.29 is 14.0 Å². The van der Waals surface area contributed by atoms with E-state index in [0.29, 0.717) is 40.6 Å². The minimum absolute atomic E-state index is 0.205. The molecule has 0 spiro atoms. The van der Waals surface area contributed by atoms with Gasteiger partial charge < -0.3 is 10.2 Å². The molecule has 4 rings (SSSR count). The number of hydrogen-bond donors (Lipinski definition) is 1. The average Bonchev–Trinajstić information content (AvgIpc) is 2.77. The fourth-order valence-electron chi connectivity index (χ4n) is 3.58. The van der Waals surface area contributed by atoms with Crippen LogP contribution in [0, 0.1) is 5.82 Å². The highest BCUT2D eigenvalue weighted by Gasteiger charge is 2.27. The third kappa shape index (κ3) is 4.86. The van der Waals surface area contributed by atoms with Gasteiger partial charge in [-0.2, -0.15) is 0 Å². The minimum Gasteiger partial charge on any atom is -0.322 e. The normalized spacial score (nSPS) is 13.9. The SMILES string of the molecule is O=C(Nc1cccc(Cl)c1)c1cccc(N2CCCN(Cc3ccccc3F)C2=O)c1. The van der Waals surface area contributed by atoms with Gasteiger partial charge in [0.05, 0.1) is 6.54 Å². The molecule has 3 amide bonds. The zero-order valence-electron chi connectivity index (χ0n) is 16.7. The number of hydrogen-bond acceptors (Lipinski definition) is 2. The Morgan fingerprint density at radius 1 is 1.00 bits per heavy atom. The molecule has 0 saturated carbocycles. The number of nitrogens with one attached hydrogen (secondary N) is 1. The van der Waals surface area contributed by atoms with Crippen molar-refractivity contribution in [3.8, 4) is 0 Å². The zero-order chi connectivity index (χ0) is 21.8. The summed E-state index contributed by atoms with van der Waals surface area (Å²) in [5.41, 5.74) is 2.12. The Morgan fingerprint density at radius 2 is 1.81 bits per heavy atom. The number of carbonyl (C=O) groups excluding carboxylic acids is 2. The first-order valence-electron chi connectivity index (χ1n) is 9.98. The molecule has 1 saturated heterocycles. The third-order valence-electron chi connectivity index (χ3n) is 5.13. The first-order chi connectivity index (χ1) is 15.0. The van der Waals surface area contributed by atoms with Crippen LogP contribution in [0.2, 0.25) is 5.02 Å². The summed E-state index contributed by atoms with van der Waals surface area (Å²) >= 11 is 5.97. The predicted molar refractivity (Wildman–Crippen MR) is 120 cm³/mol. The fourth-order valence-corrected chi connectivity index (χ4v) is 3.77. The summed E-state index contributed by atoms with van der Waals surface area (Å²) in [7, 11) is 0. The van der Waals surface area contributed by atoms with Crippen molar-refractivity contribution in [1.29, 1.82) is 0 Å². The van der Waals surface area contributed by atoms with Gasteiger partial charge in [0.25, 0.3) is 5.91 Å². The van der Waals surface area contributed by atoms with E-state index in [2.05, 4.69) is 5.32 Å². The van der Waals surface area contributed by atoms with Crippen molar-refractivity contribution in [3.63, 3.8) is 0 Å². The van der Waals surface area contributed by atoms with Crippen LogP contribution in [0.15, 0.2) is 72.8 Å². The van der Waals surface area contributed by atoms with Gasteiger partial charge in [0.2, 0.25) is 0 Å². The summed E-state index contributed by atoms with van der Waals surface area (Å²) in [6, 6.07) is 20.1. The van der Waals surface area contributed by atoms with Crippen LogP contribution in [-0.4, -0.2) is 29.9 Å². The molecule has 5 nitrogen and oxygen atoms in total. The van der Waals surface area contributed by atoms with Gasteiger partial charge in [0, 0.05) is 40.6 Å². The van der Waals surface area contributed by atoms with Crippen LogP contribution in [0.5, 0.6) is 0 Å². The van der Waals surface area contributed by atoms with Gasteiger partial charge in [-0.1, -0.05) is 41.9 Å². The Labute approximate surface area is 185 Å². The number of carbonyl (C=O) groups is 2. The standard InChI is InChI=1S/C24H21ClFN3O2/c25-19-8-4-9-20(15-19)27-23(30)17-7-3-10-21(14-17)29-13-5-12-28(24(29)31)16-18-6-1-2-11-22(18)26/h1-4,6-11,14-15H,5,12-13,16H2,(H,27,30). The van der Waals surface area contributed by atoms with E-state index in [1.807, 2.05) is 0 Å². The molecule has 3 aromatic carbocycles. The second kappa shape index (κ2) is 9.18. The van der Waals surface area contributed by atoms with Crippen molar-refractivity contribution in [2.75, 3.05) is 23.3 Å². The van der Waals surface area contributed by atoms with Gasteiger partial charge in [-0.05, 0) is 48.9 Å². The molecule has 1 fully saturated rings. The Morgan fingerprint density at radius 3 is 2.61 bits per heavy atom. The molecule has 0 aliphatic carbocycles. The number of urea groups is 1. The number of anilines is 2. The largest absolute Gasteiger partial charge is 0.324 e. The molecule has 0 unspecified atom stereocenters.